The highest BCUT2D eigenvalue weighted by Crippen LogP contribution is 2.16. The smallest absolute Gasteiger partial charge is 0.223 e. The molecule has 2 unspecified atom stereocenters. The van der Waals surface area contributed by atoms with Gasteiger partial charge in [-0.2, -0.15) is 0 Å². The van der Waals surface area contributed by atoms with Crippen LogP contribution in [0.4, 0.5) is 0 Å². The summed E-state index contributed by atoms with van der Waals surface area (Å²) in [6, 6.07) is 1.73. The summed E-state index contributed by atoms with van der Waals surface area (Å²) in [5.74, 6) is 0.753. The molecule has 1 aromatic rings. The Kier molecular flexibility index (Phi) is 6.94. The number of hydrogen-bond acceptors (Lipinski definition) is 5. The molecule has 0 aromatic carbocycles. The van der Waals surface area contributed by atoms with Crippen molar-refractivity contribution < 1.29 is 19.7 Å². The number of ether oxygens (including phenoxy) is 1. The molecule has 5 heteroatoms. The molecular weight excluding hydrogens is 216 g/mol. The lowest BCUT2D eigenvalue weighted by atomic mass is 10.4. The topological polar surface area (TPSA) is 66.8 Å². The minimum absolute atomic E-state index is 0.167. The number of Topliss-reactive ketones (excluding diaryl/α,β-unsaturated/α-hetero) is 1. The van der Waals surface area contributed by atoms with E-state index in [1.807, 2.05) is 5.38 Å². The van der Waals surface area contributed by atoms with Crippen molar-refractivity contribution in [1.29, 1.82) is 0 Å². The molecule has 1 aromatic heterocycles. The highest BCUT2D eigenvalue weighted by Gasteiger charge is 2.11. The molecule has 0 fully saturated rings. The highest BCUT2D eigenvalue weighted by atomic mass is 32.1. The minimum Gasteiger partial charge on any atom is -0.461 e. The van der Waals surface area contributed by atoms with E-state index in [0.717, 1.165) is 0 Å². The average molecular weight is 232 g/mol. The Labute approximate surface area is 93.1 Å². The Morgan fingerprint density at radius 3 is 2.33 bits per heavy atom. The van der Waals surface area contributed by atoms with Gasteiger partial charge >= 0.3 is 0 Å². The molecule has 0 amide bonds. The lowest BCUT2D eigenvalue weighted by molar-refractivity contribution is -0.114. The molecule has 86 valence electrons. The number of ketones is 1. The molecule has 0 spiro atoms. The number of aliphatic hydroxyl groups excluding tert-OH is 2. The quantitative estimate of drug-likeness (QED) is 0.773. The van der Waals surface area contributed by atoms with Crippen molar-refractivity contribution in [3.63, 3.8) is 0 Å². The third kappa shape index (κ3) is 8.11. The van der Waals surface area contributed by atoms with E-state index in [-0.39, 0.29) is 5.78 Å². The van der Waals surface area contributed by atoms with Crippen molar-refractivity contribution in [2.24, 2.45) is 0 Å². The van der Waals surface area contributed by atoms with Gasteiger partial charge in [0, 0.05) is 5.38 Å². The van der Waals surface area contributed by atoms with Crippen molar-refractivity contribution in [3.05, 3.63) is 16.8 Å². The Hall–Kier alpha value is -0.910. The van der Waals surface area contributed by atoms with E-state index < -0.39 is 12.4 Å². The fourth-order valence-corrected chi connectivity index (χ4v) is 1.12. The van der Waals surface area contributed by atoms with Gasteiger partial charge in [0.15, 0.2) is 0 Å². The summed E-state index contributed by atoms with van der Waals surface area (Å²) in [6.07, 6.45) is -2.00. The highest BCUT2D eigenvalue weighted by molar-refractivity contribution is 7.08. The number of hydrogen-bond donors (Lipinski definition) is 2. The zero-order valence-corrected chi connectivity index (χ0v) is 9.82. The summed E-state index contributed by atoms with van der Waals surface area (Å²) in [5, 5.41) is 21.5. The van der Waals surface area contributed by atoms with Crippen molar-refractivity contribution >= 4 is 17.1 Å². The predicted molar refractivity (Wildman–Crippen MR) is 59.0 cm³/mol. The number of carbonyl (C=O) groups excluding carboxylic acids is 1. The first-order chi connectivity index (χ1) is 6.93. The number of aliphatic hydroxyl groups is 2. The van der Waals surface area contributed by atoms with Crippen LogP contribution in [0.1, 0.15) is 20.8 Å². The third-order valence-electron chi connectivity index (χ3n) is 1.16. The van der Waals surface area contributed by atoms with E-state index in [1.165, 1.54) is 32.1 Å². The maximum absolute atomic E-state index is 9.44. The standard InChI is InChI=1S/C7H10O3S.C3H6O/c1-5(8)7(9)10-6-2-3-11-4-6;1-3(2)4/h2-5,7-9H,1H3;1-2H3. The van der Waals surface area contributed by atoms with Crippen LogP contribution in [0.2, 0.25) is 0 Å². The molecule has 2 atom stereocenters. The van der Waals surface area contributed by atoms with Gasteiger partial charge in [-0.25, -0.2) is 0 Å². The van der Waals surface area contributed by atoms with Gasteiger partial charge in [-0.1, -0.05) is 0 Å². The molecule has 1 heterocycles. The van der Waals surface area contributed by atoms with Crippen LogP contribution < -0.4 is 4.74 Å². The van der Waals surface area contributed by atoms with Gasteiger partial charge in [0.1, 0.15) is 17.6 Å². The molecule has 0 radical (unpaired) electrons. The van der Waals surface area contributed by atoms with Crippen LogP contribution in [0.25, 0.3) is 0 Å². The predicted octanol–water partition coefficient (Wildman–Crippen LogP) is 1.42. The second-order valence-electron chi connectivity index (χ2n) is 3.12. The van der Waals surface area contributed by atoms with Crippen LogP contribution in [-0.2, 0) is 4.79 Å². The van der Waals surface area contributed by atoms with Crippen molar-refractivity contribution in [1.82, 2.24) is 0 Å². The van der Waals surface area contributed by atoms with Gasteiger partial charge in [-0.05, 0) is 32.2 Å². The molecule has 15 heavy (non-hydrogen) atoms. The first kappa shape index (κ1) is 14.1. The molecule has 0 bridgehead atoms. The van der Waals surface area contributed by atoms with Gasteiger partial charge in [0.25, 0.3) is 0 Å². The third-order valence-corrected chi connectivity index (χ3v) is 1.83. The molecule has 0 saturated heterocycles. The van der Waals surface area contributed by atoms with E-state index in [2.05, 4.69) is 0 Å². The molecular formula is C10H16O4S. The van der Waals surface area contributed by atoms with E-state index in [4.69, 9.17) is 14.9 Å². The van der Waals surface area contributed by atoms with E-state index in [0.29, 0.717) is 5.75 Å². The van der Waals surface area contributed by atoms with Gasteiger partial charge in [-0.15, -0.1) is 11.3 Å². The van der Waals surface area contributed by atoms with Crippen molar-refractivity contribution in [2.45, 2.75) is 33.2 Å². The van der Waals surface area contributed by atoms with E-state index in [1.54, 1.807) is 11.4 Å². The Morgan fingerprint density at radius 1 is 1.47 bits per heavy atom. The van der Waals surface area contributed by atoms with Crippen LogP contribution in [0.5, 0.6) is 5.75 Å². The lowest BCUT2D eigenvalue weighted by Gasteiger charge is -2.13. The summed E-state index contributed by atoms with van der Waals surface area (Å²) in [7, 11) is 0. The SMILES string of the molecule is CC(C)=O.CC(O)C(O)Oc1ccsc1. The maximum Gasteiger partial charge on any atom is 0.223 e. The van der Waals surface area contributed by atoms with E-state index in [9.17, 15) is 4.79 Å². The number of rotatable bonds is 3. The van der Waals surface area contributed by atoms with Crippen LogP contribution in [0, 0.1) is 0 Å². The lowest BCUT2D eigenvalue weighted by Crippen LogP contribution is -2.28. The Bertz CT molecular complexity index is 265. The van der Waals surface area contributed by atoms with Gasteiger partial charge in [0.2, 0.25) is 6.29 Å². The average Bonchev–Trinajstić information content (AvgIpc) is 2.55. The zero-order valence-electron chi connectivity index (χ0n) is 9.01. The summed E-state index contributed by atoms with van der Waals surface area (Å²) < 4.78 is 4.93. The fourth-order valence-electron chi connectivity index (χ4n) is 0.557. The van der Waals surface area contributed by atoms with Crippen LogP contribution >= 0.6 is 11.3 Å². The maximum atomic E-state index is 9.44. The second kappa shape index (κ2) is 7.39. The molecule has 0 aliphatic rings. The second-order valence-corrected chi connectivity index (χ2v) is 3.90. The van der Waals surface area contributed by atoms with E-state index >= 15 is 0 Å². The summed E-state index contributed by atoms with van der Waals surface area (Å²) >= 11 is 1.48. The minimum atomic E-state index is -1.13. The Balaban J connectivity index is 0.000000423. The molecule has 0 aliphatic heterocycles. The van der Waals surface area contributed by atoms with Gasteiger partial charge in [0.05, 0.1) is 0 Å². The number of carbonyl (C=O) groups is 1. The normalized spacial score (nSPS) is 13.4. The molecule has 0 saturated carbocycles. The molecule has 1 rings (SSSR count). The van der Waals surface area contributed by atoms with Crippen molar-refractivity contribution in [2.75, 3.05) is 0 Å². The van der Waals surface area contributed by atoms with Gasteiger partial charge < -0.3 is 19.7 Å². The van der Waals surface area contributed by atoms with Crippen LogP contribution in [0.3, 0.4) is 0 Å². The van der Waals surface area contributed by atoms with Crippen LogP contribution in [0.15, 0.2) is 16.8 Å². The fraction of sp³-hybridized carbons (Fsp3) is 0.500. The summed E-state index contributed by atoms with van der Waals surface area (Å²) in [5.41, 5.74) is 0. The first-order valence-corrected chi connectivity index (χ1v) is 5.40. The molecule has 0 aliphatic carbocycles. The van der Waals surface area contributed by atoms with Crippen LogP contribution in [-0.4, -0.2) is 28.4 Å². The molecule has 4 nitrogen and oxygen atoms in total. The monoisotopic (exact) mass is 232 g/mol. The largest absolute Gasteiger partial charge is 0.461 e. The number of thiophene rings is 1. The first-order valence-electron chi connectivity index (χ1n) is 4.45. The molecule has 2 N–H and O–H groups in total. The zero-order chi connectivity index (χ0) is 11.8. The summed E-state index contributed by atoms with van der Waals surface area (Å²) in [6.45, 7) is 4.52. The van der Waals surface area contributed by atoms with Gasteiger partial charge in [-0.3, -0.25) is 0 Å². The summed E-state index contributed by atoms with van der Waals surface area (Å²) in [4.78, 5) is 9.44. The Morgan fingerprint density at radius 2 is 2.00 bits per heavy atom. The van der Waals surface area contributed by atoms with Crippen molar-refractivity contribution in [3.8, 4) is 5.75 Å².